The van der Waals surface area contributed by atoms with Crippen LogP contribution in [0, 0.1) is 0 Å². The first-order valence-electron chi connectivity index (χ1n) is 3.68. The lowest BCUT2D eigenvalue weighted by Crippen LogP contribution is -2.14. The lowest BCUT2D eigenvalue weighted by molar-refractivity contribution is -0.0691. The van der Waals surface area contributed by atoms with Crippen LogP contribution in [0.15, 0.2) is 0 Å². The van der Waals surface area contributed by atoms with Gasteiger partial charge in [0.05, 0.1) is 25.2 Å². The zero-order valence-electron chi connectivity index (χ0n) is 6.59. The van der Waals surface area contributed by atoms with Crippen LogP contribution < -0.4 is 0 Å². The van der Waals surface area contributed by atoms with Gasteiger partial charge in [0.2, 0.25) is 0 Å². The van der Waals surface area contributed by atoms with Crippen molar-refractivity contribution in [3.63, 3.8) is 0 Å². The summed E-state index contributed by atoms with van der Waals surface area (Å²) in [4.78, 5) is 0. The second-order valence-electron chi connectivity index (χ2n) is 2.46. The van der Waals surface area contributed by atoms with E-state index in [1.165, 1.54) is 0 Å². The largest absolute Gasteiger partial charge is 0.384 e. The van der Waals surface area contributed by atoms with E-state index in [1.54, 1.807) is 7.11 Å². The fourth-order valence-electron chi connectivity index (χ4n) is 0.954. The molecule has 0 aromatic carbocycles. The molecule has 0 aliphatic carbocycles. The fraction of sp³-hybridized carbons (Fsp3) is 1.00. The highest BCUT2D eigenvalue weighted by Gasteiger charge is 2.24. The molecule has 11 heavy (non-hydrogen) atoms. The van der Waals surface area contributed by atoms with E-state index in [-0.39, 0.29) is 12.4 Å². The van der Waals surface area contributed by atoms with Gasteiger partial charge in [-0.1, -0.05) is 0 Å². The van der Waals surface area contributed by atoms with Gasteiger partial charge in [-0.3, -0.25) is 0 Å². The van der Waals surface area contributed by atoms with Gasteiger partial charge >= 0.3 is 0 Å². The van der Waals surface area contributed by atoms with Gasteiger partial charge in [0.1, 0.15) is 0 Å². The quantitative estimate of drug-likeness (QED) is 0.605. The molecule has 0 radical (unpaired) electrons. The summed E-state index contributed by atoms with van der Waals surface area (Å²) in [6.07, 6.45) is 0.737. The van der Waals surface area contributed by atoms with Crippen molar-refractivity contribution in [2.24, 2.45) is 0 Å². The second kappa shape index (κ2) is 4.93. The molecule has 0 aromatic rings. The molecule has 1 rings (SSSR count). The van der Waals surface area contributed by atoms with Gasteiger partial charge in [-0.25, -0.2) is 0 Å². The molecule has 66 valence electrons. The highest BCUT2D eigenvalue weighted by molar-refractivity contribution is 6.18. The molecule has 2 atom stereocenters. The number of hydrogen-bond acceptors (Lipinski definition) is 3. The average molecular weight is 181 g/mol. The standard InChI is InChI=1S/C7H13ClO3/c1-9-3-2-7-10-5-6(4-8)11-7/h6-7H,2-5H2,1H3. The minimum atomic E-state index is -0.112. The van der Waals surface area contributed by atoms with Crippen LogP contribution >= 0.6 is 11.6 Å². The molecule has 1 saturated heterocycles. The predicted molar refractivity (Wildman–Crippen MR) is 41.8 cm³/mol. The Hall–Kier alpha value is 0.170. The summed E-state index contributed by atoms with van der Waals surface area (Å²) < 4.78 is 15.5. The van der Waals surface area contributed by atoms with E-state index in [4.69, 9.17) is 25.8 Å². The van der Waals surface area contributed by atoms with Gasteiger partial charge < -0.3 is 14.2 Å². The summed E-state index contributed by atoms with van der Waals surface area (Å²) in [6.45, 7) is 1.28. The monoisotopic (exact) mass is 180 g/mol. The highest BCUT2D eigenvalue weighted by Crippen LogP contribution is 2.15. The molecule has 0 N–H and O–H groups in total. The van der Waals surface area contributed by atoms with E-state index in [0.29, 0.717) is 19.1 Å². The third kappa shape index (κ3) is 2.95. The number of rotatable bonds is 4. The first kappa shape index (κ1) is 9.26. The Bertz CT molecular complexity index is 110. The number of alkyl halides is 1. The molecule has 1 aliphatic heterocycles. The minimum absolute atomic E-state index is 0.0681. The van der Waals surface area contributed by atoms with Gasteiger partial charge in [0.25, 0.3) is 0 Å². The molecule has 2 unspecified atom stereocenters. The van der Waals surface area contributed by atoms with Crippen molar-refractivity contribution >= 4 is 11.6 Å². The molecular formula is C7H13ClO3. The topological polar surface area (TPSA) is 27.7 Å². The third-order valence-electron chi connectivity index (χ3n) is 1.54. The first-order chi connectivity index (χ1) is 5.36. The first-order valence-corrected chi connectivity index (χ1v) is 4.22. The molecule has 1 heterocycles. The van der Waals surface area contributed by atoms with Crippen LogP contribution in [0.4, 0.5) is 0 Å². The summed E-state index contributed by atoms with van der Waals surface area (Å²) in [7, 11) is 1.66. The van der Waals surface area contributed by atoms with E-state index in [1.807, 2.05) is 0 Å². The van der Waals surface area contributed by atoms with Gasteiger partial charge in [-0.2, -0.15) is 0 Å². The summed E-state index contributed by atoms with van der Waals surface area (Å²) in [5.74, 6) is 0.503. The van der Waals surface area contributed by atoms with Gasteiger partial charge in [0.15, 0.2) is 6.29 Å². The molecule has 1 aliphatic rings. The number of hydrogen-bond donors (Lipinski definition) is 0. The van der Waals surface area contributed by atoms with Crippen molar-refractivity contribution in [1.82, 2.24) is 0 Å². The van der Waals surface area contributed by atoms with Crippen molar-refractivity contribution < 1.29 is 14.2 Å². The predicted octanol–water partition coefficient (Wildman–Crippen LogP) is 1.00. The molecule has 0 aromatic heterocycles. The normalized spacial score (nSPS) is 31.1. The SMILES string of the molecule is COCCC1OCC(CCl)O1. The Morgan fingerprint density at radius 2 is 2.45 bits per heavy atom. The van der Waals surface area contributed by atoms with Gasteiger partial charge in [0, 0.05) is 13.5 Å². The molecule has 4 heteroatoms. The Labute approximate surface area is 71.6 Å². The maximum absolute atomic E-state index is 5.57. The Balaban J connectivity index is 2.09. The molecule has 0 saturated carbocycles. The highest BCUT2D eigenvalue weighted by atomic mass is 35.5. The zero-order valence-corrected chi connectivity index (χ0v) is 7.34. The lowest BCUT2D eigenvalue weighted by Gasteiger charge is -2.08. The zero-order chi connectivity index (χ0) is 8.10. The van der Waals surface area contributed by atoms with Crippen LogP contribution in [-0.4, -0.2) is 38.6 Å². The van der Waals surface area contributed by atoms with Crippen LogP contribution in [0.3, 0.4) is 0 Å². The van der Waals surface area contributed by atoms with E-state index in [9.17, 15) is 0 Å². The van der Waals surface area contributed by atoms with Crippen LogP contribution in [0.2, 0.25) is 0 Å². The Morgan fingerprint density at radius 3 is 3.00 bits per heavy atom. The third-order valence-corrected chi connectivity index (χ3v) is 1.89. The number of methoxy groups -OCH3 is 1. The molecule has 0 spiro atoms. The van der Waals surface area contributed by atoms with Crippen molar-refractivity contribution in [2.45, 2.75) is 18.8 Å². The van der Waals surface area contributed by atoms with Crippen LogP contribution in [0.25, 0.3) is 0 Å². The fourth-order valence-corrected chi connectivity index (χ4v) is 1.12. The maximum atomic E-state index is 5.57. The smallest absolute Gasteiger partial charge is 0.160 e. The van der Waals surface area contributed by atoms with E-state index >= 15 is 0 Å². The summed E-state index contributed by atoms with van der Waals surface area (Å²) >= 11 is 5.57. The lowest BCUT2D eigenvalue weighted by atomic mass is 10.4. The van der Waals surface area contributed by atoms with Gasteiger partial charge in [-0.15, -0.1) is 11.6 Å². The van der Waals surface area contributed by atoms with Crippen LogP contribution in [0.5, 0.6) is 0 Å². The Kier molecular flexibility index (Phi) is 4.15. The van der Waals surface area contributed by atoms with Crippen molar-refractivity contribution in [3.05, 3.63) is 0 Å². The van der Waals surface area contributed by atoms with Crippen LogP contribution in [-0.2, 0) is 14.2 Å². The molecule has 1 fully saturated rings. The van der Waals surface area contributed by atoms with Crippen molar-refractivity contribution in [2.75, 3.05) is 26.2 Å². The van der Waals surface area contributed by atoms with Crippen molar-refractivity contribution in [3.8, 4) is 0 Å². The Morgan fingerprint density at radius 1 is 1.64 bits per heavy atom. The summed E-state index contributed by atoms with van der Waals surface area (Å²) in [6, 6.07) is 0. The second-order valence-corrected chi connectivity index (χ2v) is 2.77. The van der Waals surface area contributed by atoms with Crippen molar-refractivity contribution in [1.29, 1.82) is 0 Å². The van der Waals surface area contributed by atoms with Gasteiger partial charge in [-0.05, 0) is 0 Å². The minimum Gasteiger partial charge on any atom is -0.384 e. The van der Waals surface area contributed by atoms with E-state index in [0.717, 1.165) is 6.42 Å². The summed E-state index contributed by atoms with van der Waals surface area (Å²) in [5, 5.41) is 0. The maximum Gasteiger partial charge on any atom is 0.160 e. The molecular weight excluding hydrogens is 168 g/mol. The van der Waals surface area contributed by atoms with Crippen LogP contribution in [0.1, 0.15) is 6.42 Å². The summed E-state index contributed by atoms with van der Waals surface area (Å²) in [5.41, 5.74) is 0. The van der Waals surface area contributed by atoms with E-state index < -0.39 is 0 Å². The number of halogens is 1. The molecule has 3 nitrogen and oxygen atoms in total. The molecule has 0 amide bonds. The average Bonchev–Trinajstić information content (AvgIpc) is 2.48. The number of ether oxygens (including phenoxy) is 3. The molecule has 0 bridgehead atoms. The van der Waals surface area contributed by atoms with E-state index in [2.05, 4.69) is 0 Å².